The predicted octanol–water partition coefficient (Wildman–Crippen LogP) is 0.142. The number of hydrogen-bond acceptors (Lipinski definition) is 5. The first kappa shape index (κ1) is 15.6. The van der Waals surface area contributed by atoms with Gasteiger partial charge in [-0.1, -0.05) is 13.3 Å². The summed E-state index contributed by atoms with van der Waals surface area (Å²) in [6, 6.07) is 2.78. The Morgan fingerprint density at radius 1 is 1.47 bits per heavy atom. The van der Waals surface area contributed by atoms with E-state index < -0.39 is 17.8 Å². The maximum Gasteiger partial charge on any atom is 0.347 e. The number of allylic oxidation sites excluding steroid dienone is 1. The number of aliphatic hydroxyl groups is 2. The zero-order valence-corrected chi connectivity index (χ0v) is 8.21. The lowest BCUT2D eigenvalue weighted by Crippen LogP contribution is -2.01. The molecule has 0 aliphatic carbocycles. The summed E-state index contributed by atoms with van der Waals surface area (Å²) in [7, 11) is 0. The van der Waals surface area contributed by atoms with Crippen molar-refractivity contribution >= 4 is 5.97 Å². The first-order valence-corrected chi connectivity index (χ1v) is 4.08. The zero-order chi connectivity index (χ0) is 12.3. The standard InChI is InChI=1S/C5H2N2O2.C4H10O2/c6-2-1-4(3-7)5(8)9;1-2-3-4(5)6/h1H,(H,8,9);4-6H,2-3H2,1H3. The molecule has 0 aromatic heterocycles. The highest BCUT2D eigenvalue weighted by atomic mass is 16.5. The molecule has 82 valence electrons. The summed E-state index contributed by atoms with van der Waals surface area (Å²) >= 11 is 0. The molecule has 3 N–H and O–H groups in total. The first-order chi connectivity index (χ1) is 6.99. The molecule has 0 amide bonds. The van der Waals surface area contributed by atoms with Gasteiger partial charge in [0.05, 0.1) is 6.07 Å². The molecule has 0 saturated heterocycles. The molecule has 0 heterocycles. The minimum absolute atomic E-state index is 0.486. The van der Waals surface area contributed by atoms with Crippen molar-refractivity contribution in [3.05, 3.63) is 11.6 Å². The minimum atomic E-state index is -1.38. The zero-order valence-electron chi connectivity index (χ0n) is 8.21. The normalized spacial score (nSPS) is 9.60. The van der Waals surface area contributed by atoms with Gasteiger partial charge < -0.3 is 15.3 Å². The number of carboxylic acid groups (broad SMARTS) is 1. The molecule has 0 aliphatic heterocycles. The van der Waals surface area contributed by atoms with Crippen LogP contribution in [0.25, 0.3) is 0 Å². The van der Waals surface area contributed by atoms with E-state index in [1.165, 1.54) is 12.1 Å². The Labute approximate surface area is 87.3 Å². The monoisotopic (exact) mass is 212 g/mol. The predicted molar refractivity (Wildman–Crippen MR) is 50.1 cm³/mol. The van der Waals surface area contributed by atoms with Crippen molar-refractivity contribution in [3.63, 3.8) is 0 Å². The molecule has 0 aromatic carbocycles. The Hall–Kier alpha value is -1.89. The van der Waals surface area contributed by atoms with Gasteiger partial charge in [0.15, 0.2) is 6.29 Å². The summed E-state index contributed by atoms with van der Waals surface area (Å²) in [4.78, 5) is 9.88. The van der Waals surface area contributed by atoms with Crippen LogP contribution in [0.4, 0.5) is 0 Å². The van der Waals surface area contributed by atoms with Crippen LogP contribution in [0, 0.1) is 22.7 Å². The highest BCUT2D eigenvalue weighted by molar-refractivity contribution is 5.91. The fraction of sp³-hybridized carbons (Fsp3) is 0.444. The SMILES string of the molecule is CCCC(O)O.N#CC=C(C#N)C(=O)O. The quantitative estimate of drug-likeness (QED) is 0.347. The lowest BCUT2D eigenvalue weighted by atomic mass is 10.3. The smallest absolute Gasteiger partial charge is 0.347 e. The van der Waals surface area contributed by atoms with Crippen LogP contribution in [0.5, 0.6) is 0 Å². The van der Waals surface area contributed by atoms with Crippen LogP contribution in [0.1, 0.15) is 19.8 Å². The van der Waals surface area contributed by atoms with Gasteiger partial charge >= 0.3 is 5.97 Å². The molecule has 0 rings (SSSR count). The molecule has 0 spiro atoms. The number of aliphatic hydroxyl groups excluding tert-OH is 1. The average Bonchev–Trinajstić information content (AvgIpc) is 2.14. The van der Waals surface area contributed by atoms with Crippen LogP contribution < -0.4 is 0 Å². The maximum atomic E-state index is 9.88. The molecule has 0 saturated carbocycles. The molecule has 6 nitrogen and oxygen atoms in total. The fourth-order valence-electron chi connectivity index (χ4n) is 0.465. The van der Waals surface area contributed by atoms with E-state index in [1.54, 1.807) is 0 Å². The van der Waals surface area contributed by atoms with Crippen molar-refractivity contribution < 1.29 is 20.1 Å². The molecular weight excluding hydrogens is 200 g/mol. The second-order valence-corrected chi connectivity index (χ2v) is 2.37. The Balaban J connectivity index is 0. The number of aliphatic carboxylic acids is 1. The highest BCUT2D eigenvalue weighted by Gasteiger charge is 2.02. The van der Waals surface area contributed by atoms with Gasteiger partial charge in [-0.25, -0.2) is 4.79 Å². The Kier molecular flexibility index (Phi) is 10.6. The number of carboxylic acids is 1. The molecule has 15 heavy (non-hydrogen) atoms. The lowest BCUT2D eigenvalue weighted by Gasteiger charge is -1.94. The van der Waals surface area contributed by atoms with Crippen LogP contribution in [0.3, 0.4) is 0 Å². The summed E-state index contributed by atoms with van der Waals surface area (Å²) < 4.78 is 0. The number of nitrogens with zero attached hydrogens (tertiary/aromatic N) is 2. The maximum absolute atomic E-state index is 9.88. The van der Waals surface area contributed by atoms with Gasteiger partial charge in [-0.05, 0) is 6.42 Å². The number of carbonyl (C=O) groups is 1. The third kappa shape index (κ3) is 12.1. The van der Waals surface area contributed by atoms with Gasteiger partial charge in [0.1, 0.15) is 11.6 Å². The van der Waals surface area contributed by atoms with E-state index in [2.05, 4.69) is 0 Å². The first-order valence-electron chi connectivity index (χ1n) is 4.08. The van der Waals surface area contributed by atoms with Crippen molar-refractivity contribution in [2.45, 2.75) is 26.1 Å². The molecule has 0 aliphatic rings. The van der Waals surface area contributed by atoms with E-state index in [-0.39, 0.29) is 0 Å². The van der Waals surface area contributed by atoms with Crippen LogP contribution in [-0.2, 0) is 4.79 Å². The van der Waals surface area contributed by atoms with Crippen LogP contribution >= 0.6 is 0 Å². The van der Waals surface area contributed by atoms with Crippen LogP contribution in [0.2, 0.25) is 0 Å². The topological polar surface area (TPSA) is 125 Å². The molecule has 6 heteroatoms. The number of nitriles is 2. The molecule has 0 bridgehead atoms. The third-order valence-electron chi connectivity index (χ3n) is 1.11. The van der Waals surface area contributed by atoms with E-state index in [4.69, 9.17) is 25.8 Å². The number of hydrogen-bond donors (Lipinski definition) is 3. The van der Waals surface area contributed by atoms with E-state index in [0.717, 1.165) is 6.42 Å². The summed E-state index contributed by atoms with van der Waals surface area (Å²) in [6.45, 7) is 1.90. The van der Waals surface area contributed by atoms with Crippen LogP contribution in [0.15, 0.2) is 11.6 Å². The summed E-state index contributed by atoms with van der Waals surface area (Å²) in [5, 5.41) is 40.1. The van der Waals surface area contributed by atoms with Gasteiger partial charge in [0, 0.05) is 6.08 Å². The Morgan fingerprint density at radius 2 is 2.00 bits per heavy atom. The Bertz CT molecular complexity index is 296. The second kappa shape index (κ2) is 10.2. The van der Waals surface area contributed by atoms with E-state index in [1.807, 2.05) is 6.92 Å². The Morgan fingerprint density at radius 3 is 2.07 bits per heavy atom. The average molecular weight is 212 g/mol. The molecule has 0 unspecified atom stereocenters. The van der Waals surface area contributed by atoms with Gasteiger partial charge in [-0.15, -0.1) is 0 Å². The van der Waals surface area contributed by atoms with Crippen molar-refractivity contribution in [1.82, 2.24) is 0 Å². The second-order valence-electron chi connectivity index (χ2n) is 2.37. The van der Waals surface area contributed by atoms with Gasteiger partial charge in [-0.3, -0.25) is 0 Å². The minimum Gasteiger partial charge on any atom is -0.477 e. The fourth-order valence-corrected chi connectivity index (χ4v) is 0.465. The van der Waals surface area contributed by atoms with Crippen molar-refractivity contribution in [2.24, 2.45) is 0 Å². The number of rotatable bonds is 3. The molecule has 0 aromatic rings. The van der Waals surface area contributed by atoms with E-state index >= 15 is 0 Å². The third-order valence-corrected chi connectivity index (χ3v) is 1.11. The van der Waals surface area contributed by atoms with Crippen molar-refractivity contribution in [1.29, 1.82) is 10.5 Å². The lowest BCUT2D eigenvalue weighted by molar-refractivity contribution is -0.132. The van der Waals surface area contributed by atoms with Crippen molar-refractivity contribution in [3.8, 4) is 12.1 Å². The molecule has 0 radical (unpaired) electrons. The molecule has 0 fully saturated rings. The molecule has 0 atom stereocenters. The summed E-state index contributed by atoms with van der Waals surface area (Å²) in [5.41, 5.74) is -0.544. The largest absolute Gasteiger partial charge is 0.477 e. The molecular formula is C9H12N2O4. The summed E-state index contributed by atoms with van der Waals surface area (Å²) in [6.07, 6.45) is 0.898. The van der Waals surface area contributed by atoms with E-state index in [9.17, 15) is 4.79 Å². The summed E-state index contributed by atoms with van der Waals surface area (Å²) in [5.74, 6) is -1.38. The van der Waals surface area contributed by atoms with Gasteiger partial charge in [0.2, 0.25) is 0 Å². The van der Waals surface area contributed by atoms with E-state index in [0.29, 0.717) is 12.5 Å². The van der Waals surface area contributed by atoms with Crippen LogP contribution in [-0.4, -0.2) is 27.6 Å². The van der Waals surface area contributed by atoms with Gasteiger partial charge in [-0.2, -0.15) is 10.5 Å². The highest BCUT2D eigenvalue weighted by Crippen LogP contribution is 1.89. The van der Waals surface area contributed by atoms with Gasteiger partial charge in [0.25, 0.3) is 0 Å². The van der Waals surface area contributed by atoms with Crippen molar-refractivity contribution in [2.75, 3.05) is 0 Å².